The second kappa shape index (κ2) is 15.7. The van der Waals surface area contributed by atoms with Crippen molar-refractivity contribution >= 4 is 43.9 Å². The number of fused-ring (bicyclic) bond motifs is 6. The van der Waals surface area contributed by atoms with Crippen molar-refractivity contribution < 1.29 is 53.6 Å². The van der Waals surface area contributed by atoms with Crippen molar-refractivity contribution in [3.05, 3.63) is 146 Å². The fourth-order valence-corrected chi connectivity index (χ4v) is 4.46. The van der Waals surface area contributed by atoms with Crippen LogP contribution in [-0.4, -0.2) is 29.9 Å². The van der Waals surface area contributed by atoms with Gasteiger partial charge in [-0.1, -0.05) is 36.4 Å². The number of para-hydroxylation sites is 2. The topological polar surface area (TPSA) is 104 Å². The number of nitrogens with zero attached hydrogens (tertiary/aromatic N) is 6. The standard InChI is InChI=1S/2C14H7O.C7H6N6.2Au/c2*1-2-10-7-8-14-12(9-10)11-5-3-4-6-13(11)15-14;1(6-10-2-8-3-11-6)7-12-4-9-5-13-7;;/h2*3-9H;2-5H,1H2;;/q2*-1;;2*+1. The van der Waals surface area contributed by atoms with Gasteiger partial charge in [0.2, 0.25) is 0 Å². The molecule has 0 saturated heterocycles. The molecule has 0 unspecified atom stereocenters. The van der Waals surface area contributed by atoms with Gasteiger partial charge in [-0.3, -0.25) is 11.8 Å². The van der Waals surface area contributed by atoms with Gasteiger partial charge in [-0.2, -0.15) is 0 Å². The summed E-state index contributed by atoms with van der Waals surface area (Å²) in [6, 6.07) is 27.1. The van der Waals surface area contributed by atoms with Crippen LogP contribution < -0.4 is 0 Å². The molecule has 0 saturated carbocycles. The number of benzene rings is 4. The zero-order valence-corrected chi connectivity index (χ0v) is 27.5. The number of hydrogen-bond donors (Lipinski definition) is 0. The smallest absolute Gasteiger partial charge is 0.456 e. The van der Waals surface area contributed by atoms with Crippen LogP contribution in [0.5, 0.6) is 0 Å². The van der Waals surface area contributed by atoms with Crippen molar-refractivity contribution in [3.63, 3.8) is 0 Å². The maximum Gasteiger partial charge on any atom is 1.00 e. The van der Waals surface area contributed by atoms with E-state index in [1.807, 2.05) is 84.9 Å². The first-order chi connectivity index (χ1) is 21.2. The van der Waals surface area contributed by atoms with E-state index in [4.69, 9.17) is 21.7 Å². The van der Waals surface area contributed by atoms with Crippen LogP contribution >= 0.6 is 0 Å². The monoisotopic (exact) mass is 950 g/mol. The number of furan rings is 2. The Morgan fingerprint density at radius 1 is 0.489 bits per heavy atom. The Labute approximate surface area is 289 Å². The Hall–Kier alpha value is -4.90. The molecule has 8 aromatic rings. The molecule has 0 aliphatic heterocycles. The van der Waals surface area contributed by atoms with Crippen molar-refractivity contribution in [2.45, 2.75) is 6.42 Å². The molecule has 10 heteroatoms. The second-order valence-electron chi connectivity index (χ2n) is 9.15. The van der Waals surface area contributed by atoms with Crippen LogP contribution in [0.15, 0.2) is 119 Å². The number of aromatic nitrogens is 6. The summed E-state index contributed by atoms with van der Waals surface area (Å²) in [4.78, 5) is 23.2. The summed E-state index contributed by atoms with van der Waals surface area (Å²) in [5.74, 6) is 6.07. The summed E-state index contributed by atoms with van der Waals surface area (Å²) >= 11 is 0. The van der Waals surface area contributed by atoms with Gasteiger partial charge in [-0.15, -0.1) is 35.4 Å². The van der Waals surface area contributed by atoms with Crippen LogP contribution in [0.4, 0.5) is 0 Å². The molecule has 224 valence electrons. The van der Waals surface area contributed by atoms with E-state index in [1.165, 1.54) is 25.3 Å². The number of rotatable bonds is 2. The maximum absolute atomic E-state index is 7.10. The van der Waals surface area contributed by atoms with Crippen LogP contribution in [0.3, 0.4) is 0 Å². The van der Waals surface area contributed by atoms with Gasteiger partial charge in [0.1, 0.15) is 59.3 Å². The van der Waals surface area contributed by atoms with Crippen molar-refractivity contribution in [1.82, 2.24) is 29.9 Å². The Bertz CT molecular complexity index is 2090. The van der Waals surface area contributed by atoms with Crippen molar-refractivity contribution in [2.75, 3.05) is 0 Å². The quantitative estimate of drug-likeness (QED) is 0.107. The zero-order chi connectivity index (χ0) is 29.4. The molecule has 0 fully saturated rings. The minimum absolute atomic E-state index is 0. The minimum atomic E-state index is 0. The van der Waals surface area contributed by atoms with Crippen LogP contribution in [0.25, 0.3) is 43.9 Å². The largest absolute Gasteiger partial charge is 1.00 e. The van der Waals surface area contributed by atoms with E-state index in [-0.39, 0.29) is 44.8 Å². The molecule has 4 heterocycles. The molecule has 0 bridgehead atoms. The molecule has 0 amide bonds. The number of hydrogen-bond acceptors (Lipinski definition) is 8. The summed E-state index contributed by atoms with van der Waals surface area (Å²) in [7, 11) is 0. The molecule has 8 nitrogen and oxygen atoms in total. The maximum atomic E-state index is 7.10. The third kappa shape index (κ3) is 7.79. The molecule has 0 radical (unpaired) electrons. The SMILES string of the molecule is [Au+].[Au+].[C-]#Cc1ccc2oc3ccccc3c2c1.[C-]#Cc1ccc2oc3ccccc3c2c1.c1ncnc(Cc2ncncn2)n1. The van der Waals surface area contributed by atoms with Gasteiger partial charge >= 0.3 is 44.8 Å². The third-order valence-corrected chi connectivity index (χ3v) is 6.45. The van der Waals surface area contributed by atoms with E-state index in [9.17, 15) is 0 Å². The van der Waals surface area contributed by atoms with Gasteiger partial charge in [0.05, 0.1) is 6.42 Å². The van der Waals surface area contributed by atoms with E-state index < -0.39 is 0 Å². The summed E-state index contributed by atoms with van der Waals surface area (Å²) in [6.07, 6.45) is 20.5. The van der Waals surface area contributed by atoms with E-state index in [1.54, 1.807) is 0 Å². The third-order valence-electron chi connectivity index (χ3n) is 6.45. The van der Waals surface area contributed by atoms with Gasteiger partial charge in [-0.25, -0.2) is 29.9 Å². The average molecular weight is 951 g/mol. The normalized spacial score (nSPS) is 9.91. The summed E-state index contributed by atoms with van der Waals surface area (Å²) < 4.78 is 11.3. The van der Waals surface area contributed by atoms with Crippen molar-refractivity contribution in [1.29, 1.82) is 0 Å². The van der Waals surface area contributed by atoms with Crippen LogP contribution in [-0.2, 0) is 51.2 Å². The first kappa shape index (κ1) is 33.0. The Morgan fingerprint density at radius 3 is 1.27 bits per heavy atom. The van der Waals surface area contributed by atoms with Gasteiger partial charge in [-0.05, 0) is 24.3 Å². The Morgan fingerprint density at radius 2 is 0.867 bits per heavy atom. The average Bonchev–Trinajstić information content (AvgIpc) is 3.64. The van der Waals surface area contributed by atoms with Crippen molar-refractivity contribution in [2.24, 2.45) is 0 Å². The van der Waals surface area contributed by atoms with E-state index in [0.717, 1.165) is 55.0 Å². The zero-order valence-electron chi connectivity index (χ0n) is 23.2. The van der Waals surface area contributed by atoms with E-state index >= 15 is 0 Å². The first-order valence-corrected chi connectivity index (χ1v) is 13.1. The molecular weight excluding hydrogens is 930 g/mol. The van der Waals surface area contributed by atoms with Crippen molar-refractivity contribution in [3.8, 4) is 11.8 Å². The molecule has 0 aliphatic carbocycles. The Balaban J connectivity index is 0.000000151. The van der Waals surface area contributed by atoms with Crippen LogP contribution in [0, 0.1) is 24.7 Å². The molecule has 4 aromatic carbocycles. The minimum Gasteiger partial charge on any atom is -0.456 e. The second-order valence-corrected chi connectivity index (χ2v) is 9.15. The molecule has 0 atom stereocenters. The van der Waals surface area contributed by atoms with Crippen LogP contribution in [0.1, 0.15) is 22.8 Å². The molecule has 0 spiro atoms. The van der Waals surface area contributed by atoms with Crippen LogP contribution in [0.2, 0.25) is 0 Å². The molecule has 45 heavy (non-hydrogen) atoms. The van der Waals surface area contributed by atoms with Gasteiger partial charge in [0.25, 0.3) is 0 Å². The molecule has 4 aromatic heterocycles. The molecule has 0 N–H and O–H groups in total. The van der Waals surface area contributed by atoms with Gasteiger partial charge in [0, 0.05) is 21.5 Å². The summed E-state index contributed by atoms with van der Waals surface area (Å²) in [5, 5.41) is 4.26. The molecular formula is C35H20Au2N6O2. The van der Waals surface area contributed by atoms with E-state index in [0.29, 0.717) is 18.1 Å². The first-order valence-electron chi connectivity index (χ1n) is 13.1. The van der Waals surface area contributed by atoms with Gasteiger partial charge < -0.3 is 21.7 Å². The predicted octanol–water partition coefficient (Wildman–Crippen LogP) is 6.69. The van der Waals surface area contributed by atoms with Gasteiger partial charge in [0.15, 0.2) is 0 Å². The summed E-state index contributed by atoms with van der Waals surface area (Å²) in [5.41, 5.74) is 5.03. The molecule has 8 rings (SSSR count). The molecule has 0 aliphatic rings. The van der Waals surface area contributed by atoms with E-state index in [2.05, 4.69) is 41.7 Å². The summed E-state index contributed by atoms with van der Waals surface area (Å²) in [6.45, 7) is 0. The fourth-order valence-electron chi connectivity index (χ4n) is 4.46. The fraction of sp³-hybridized carbons (Fsp3) is 0.0286. The Kier molecular flexibility index (Phi) is 11.5. The predicted molar refractivity (Wildman–Crippen MR) is 162 cm³/mol.